The van der Waals surface area contributed by atoms with Crippen LogP contribution in [-0.2, 0) is 4.74 Å². The second kappa shape index (κ2) is 7.12. The molecule has 1 aromatic carbocycles. The summed E-state index contributed by atoms with van der Waals surface area (Å²) in [5.74, 6) is 2.03. The Labute approximate surface area is 124 Å². The van der Waals surface area contributed by atoms with Gasteiger partial charge in [0.2, 0.25) is 0 Å². The van der Waals surface area contributed by atoms with E-state index in [1.54, 1.807) is 7.11 Å². The molecular formula is C18H30O2. The molecule has 2 atom stereocenters. The Morgan fingerprint density at radius 2 is 1.60 bits per heavy atom. The van der Waals surface area contributed by atoms with Gasteiger partial charge in [0.15, 0.2) is 6.29 Å². The van der Waals surface area contributed by atoms with E-state index in [0.29, 0.717) is 11.8 Å². The molecule has 0 saturated heterocycles. The zero-order valence-corrected chi connectivity index (χ0v) is 14.1. The highest BCUT2D eigenvalue weighted by atomic mass is 16.7. The van der Waals surface area contributed by atoms with Gasteiger partial charge in [-0.25, -0.2) is 0 Å². The monoisotopic (exact) mass is 278 g/mol. The van der Waals surface area contributed by atoms with Crippen LogP contribution in [0.25, 0.3) is 0 Å². The fourth-order valence-electron chi connectivity index (χ4n) is 3.09. The summed E-state index contributed by atoms with van der Waals surface area (Å²) in [6.07, 6.45) is 0.679. The molecule has 0 aromatic heterocycles. The molecule has 0 aliphatic heterocycles. The van der Waals surface area contributed by atoms with Gasteiger partial charge in [-0.1, -0.05) is 53.7 Å². The summed E-state index contributed by atoms with van der Waals surface area (Å²) >= 11 is 0. The molecule has 0 N–H and O–H groups in total. The van der Waals surface area contributed by atoms with Crippen molar-refractivity contribution >= 4 is 0 Å². The van der Waals surface area contributed by atoms with E-state index in [0.717, 1.165) is 12.2 Å². The summed E-state index contributed by atoms with van der Waals surface area (Å²) in [4.78, 5) is 0. The Bertz CT molecular complexity index is 383. The van der Waals surface area contributed by atoms with Crippen molar-refractivity contribution in [1.29, 1.82) is 0 Å². The number of hydrogen-bond donors (Lipinski definition) is 0. The first-order chi connectivity index (χ1) is 9.29. The maximum Gasteiger partial charge on any atom is 0.199 e. The van der Waals surface area contributed by atoms with Crippen molar-refractivity contribution in [1.82, 2.24) is 0 Å². The normalized spacial score (nSPS) is 15.2. The molecule has 20 heavy (non-hydrogen) atoms. The van der Waals surface area contributed by atoms with Gasteiger partial charge in [-0.3, -0.25) is 0 Å². The fourth-order valence-corrected chi connectivity index (χ4v) is 3.09. The highest BCUT2D eigenvalue weighted by Gasteiger charge is 2.28. The van der Waals surface area contributed by atoms with E-state index in [1.165, 1.54) is 5.56 Å². The van der Waals surface area contributed by atoms with Gasteiger partial charge in [0, 0.05) is 13.5 Å². The van der Waals surface area contributed by atoms with Gasteiger partial charge in [-0.05, 0) is 34.9 Å². The highest BCUT2D eigenvalue weighted by molar-refractivity contribution is 5.30. The predicted molar refractivity (Wildman–Crippen MR) is 85.2 cm³/mol. The van der Waals surface area contributed by atoms with Gasteiger partial charge in [0.05, 0.1) is 0 Å². The van der Waals surface area contributed by atoms with Crippen molar-refractivity contribution in [2.45, 2.75) is 60.2 Å². The summed E-state index contributed by atoms with van der Waals surface area (Å²) in [5, 5.41) is 0. The lowest BCUT2D eigenvalue weighted by Crippen LogP contribution is -2.23. The highest BCUT2D eigenvalue weighted by Crippen LogP contribution is 2.40. The first-order valence-electron chi connectivity index (χ1n) is 7.59. The maximum absolute atomic E-state index is 5.77. The van der Waals surface area contributed by atoms with Crippen molar-refractivity contribution in [2.75, 3.05) is 7.11 Å². The van der Waals surface area contributed by atoms with Gasteiger partial charge < -0.3 is 9.47 Å². The SMILES string of the molecule is CCC(OC)Oc1ccc(C(C(C)C)C(C)(C)C)cc1. The van der Waals surface area contributed by atoms with Gasteiger partial charge in [0.25, 0.3) is 0 Å². The van der Waals surface area contributed by atoms with Crippen molar-refractivity contribution in [3.63, 3.8) is 0 Å². The summed E-state index contributed by atoms with van der Waals surface area (Å²) in [6, 6.07) is 8.48. The zero-order valence-electron chi connectivity index (χ0n) is 14.1. The number of ether oxygens (including phenoxy) is 2. The van der Waals surface area contributed by atoms with Crippen LogP contribution >= 0.6 is 0 Å². The molecule has 0 heterocycles. The zero-order chi connectivity index (χ0) is 15.3. The van der Waals surface area contributed by atoms with Crippen molar-refractivity contribution in [2.24, 2.45) is 11.3 Å². The molecule has 0 amide bonds. The van der Waals surface area contributed by atoms with Gasteiger partial charge in [0.1, 0.15) is 5.75 Å². The lowest BCUT2D eigenvalue weighted by atomic mass is 9.70. The molecule has 2 heteroatoms. The molecule has 1 aromatic rings. The van der Waals surface area contributed by atoms with Crippen LogP contribution < -0.4 is 4.74 Å². The fraction of sp³-hybridized carbons (Fsp3) is 0.667. The molecule has 1 rings (SSSR count). The Kier molecular flexibility index (Phi) is 6.07. The standard InChI is InChI=1S/C18H30O2/c1-8-16(19-7)20-15-11-9-14(10-12-15)17(13(2)3)18(4,5)6/h9-13,16-17H,8H2,1-7H3. The minimum atomic E-state index is -0.163. The summed E-state index contributed by atoms with van der Waals surface area (Å²) in [7, 11) is 1.68. The van der Waals surface area contributed by atoms with E-state index in [2.05, 4.69) is 65.8 Å². The number of hydrogen-bond acceptors (Lipinski definition) is 2. The Morgan fingerprint density at radius 3 is 1.95 bits per heavy atom. The van der Waals surface area contributed by atoms with E-state index < -0.39 is 0 Å². The third-order valence-corrected chi connectivity index (χ3v) is 3.70. The van der Waals surface area contributed by atoms with Gasteiger partial charge in [-0.2, -0.15) is 0 Å². The average Bonchev–Trinajstić information content (AvgIpc) is 2.35. The van der Waals surface area contributed by atoms with E-state index >= 15 is 0 Å². The smallest absolute Gasteiger partial charge is 0.199 e. The molecule has 0 aliphatic rings. The summed E-state index contributed by atoms with van der Waals surface area (Å²) in [6.45, 7) is 13.5. The molecule has 0 aliphatic carbocycles. The second-order valence-electron chi connectivity index (χ2n) is 6.85. The van der Waals surface area contributed by atoms with Crippen LogP contribution in [0.5, 0.6) is 5.75 Å². The Morgan fingerprint density at radius 1 is 1.05 bits per heavy atom. The summed E-state index contributed by atoms with van der Waals surface area (Å²) < 4.78 is 11.0. The number of rotatable bonds is 6. The van der Waals surface area contributed by atoms with E-state index in [-0.39, 0.29) is 11.7 Å². The molecule has 0 bridgehead atoms. The topological polar surface area (TPSA) is 18.5 Å². The molecule has 114 valence electrons. The van der Waals surface area contributed by atoms with Gasteiger partial charge in [-0.15, -0.1) is 0 Å². The third-order valence-electron chi connectivity index (χ3n) is 3.70. The van der Waals surface area contributed by atoms with Crippen molar-refractivity contribution in [3.8, 4) is 5.75 Å². The average molecular weight is 278 g/mol. The first-order valence-corrected chi connectivity index (χ1v) is 7.59. The van der Waals surface area contributed by atoms with Crippen molar-refractivity contribution < 1.29 is 9.47 Å². The molecule has 0 saturated carbocycles. The minimum absolute atomic E-state index is 0.163. The quantitative estimate of drug-likeness (QED) is 0.663. The third kappa shape index (κ3) is 4.52. The minimum Gasteiger partial charge on any atom is -0.465 e. The van der Waals surface area contributed by atoms with Crippen LogP contribution in [0.4, 0.5) is 0 Å². The molecular weight excluding hydrogens is 248 g/mol. The molecule has 2 unspecified atom stereocenters. The van der Waals surface area contributed by atoms with Crippen LogP contribution in [0, 0.1) is 11.3 Å². The molecule has 0 radical (unpaired) electrons. The van der Waals surface area contributed by atoms with Crippen LogP contribution in [0.15, 0.2) is 24.3 Å². The Balaban J connectivity index is 2.89. The number of methoxy groups -OCH3 is 1. The van der Waals surface area contributed by atoms with Crippen LogP contribution in [-0.4, -0.2) is 13.4 Å². The maximum atomic E-state index is 5.77. The first kappa shape index (κ1) is 17.0. The Hall–Kier alpha value is -1.02. The molecule has 0 spiro atoms. The lowest BCUT2D eigenvalue weighted by molar-refractivity contribution is -0.0548. The van der Waals surface area contributed by atoms with Crippen molar-refractivity contribution in [3.05, 3.63) is 29.8 Å². The van der Waals surface area contributed by atoms with E-state index in [9.17, 15) is 0 Å². The predicted octanol–water partition coefficient (Wildman–Crippen LogP) is 5.23. The van der Waals surface area contributed by atoms with E-state index in [1.807, 2.05) is 0 Å². The van der Waals surface area contributed by atoms with Crippen LogP contribution in [0.1, 0.15) is 59.4 Å². The van der Waals surface area contributed by atoms with Gasteiger partial charge >= 0.3 is 0 Å². The lowest BCUT2D eigenvalue weighted by Gasteiger charge is -2.34. The van der Waals surface area contributed by atoms with Crippen LogP contribution in [0.3, 0.4) is 0 Å². The van der Waals surface area contributed by atoms with Crippen LogP contribution in [0.2, 0.25) is 0 Å². The second-order valence-corrected chi connectivity index (χ2v) is 6.85. The largest absolute Gasteiger partial charge is 0.465 e. The number of benzene rings is 1. The molecule has 2 nitrogen and oxygen atoms in total. The van der Waals surface area contributed by atoms with E-state index in [4.69, 9.17) is 9.47 Å². The summed E-state index contributed by atoms with van der Waals surface area (Å²) in [5.41, 5.74) is 1.64. The molecule has 0 fully saturated rings.